The fourth-order valence-corrected chi connectivity index (χ4v) is 2.89. The predicted octanol–water partition coefficient (Wildman–Crippen LogP) is 3.81. The van der Waals surface area contributed by atoms with Crippen LogP contribution in [0.5, 0.6) is 5.88 Å². The number of likely N-dealkylation sites (tertiary alicyclic amines) is 1. The Hall–Kier alpha value is -1.09. The molecule has 1 aliphatic rings. The standard InChI is InChI=1S/C16H26N2O/c1-3-5-12-18-13-7-6-10-15(18)14-9-8-11-17-16(14)19-4-2/h8-9,11,15H,3-7,10,12-13H2,1-2H3/t15-/m1/s1. The van der Waals surface area contributed by atoms with Crippen molar-refractivity contribution >= 4 is 0 Å². The number of rotatable bonds is 6. The number of nitrogens with zero attached hydrogens (tertiary/aromatic N) is 2. The van der Waals surface area contributed by atoms with Gasteiger partial charge in [-0.1, -0.05) is 25.8 Å². The molecule has 1 fully saturated rings. The van der Waals surface area contributed by atoms with E-state index in [0.717, 1.165) is 5.88 Å². The van der Waals surface area contributed by atoms with Crippen LogP contribution >= 0.6 is 0 Å². The van der Waals surface area contributed by atoms with Crippen molar-refractivity contribution in [2.45, 2.75) is 52.0 Å². The molecule has 1 saturated heterocycles. The van der Waals surface area contributed by atoms with Crippen LogP contribution in [-0.4, -0.2) is 29.6 Å². The minimum Gasteiger partial charge on any atom is -0.478 e. The smallest absolute Gasteiger partial charge is 0.218 e. The van der Waals surface area contributed by atoms with Gasteiger partial charge in [0.05, 0.1) is 6.61 Å². The molecule has 0 saturated carbocycles. The van der Waals surface area contributed by atoms with Crippen molar-refractivity contribution in [3.63, 3.8) is 0 Å². The summed E-state index contributed by atoms with van der Waals surface area (Å²) in [5.41, 5.74) is 1.28. The van der Waals surface area contributed by atoms with Gasteiger partial charge in [0.25, 0.3) is 0 Å². The number of hydrogen-bond donors (Lipinski definition) is 0. The molecule has 0 amide bonds. The molecule has 1 atom stereocenters. The topological polar surface area (TPSA) is 25.4 Å². The van der Waals surface area contributed by atoms with Crippen LogP contribution in [0, 0.1) is 0 Å². The Morgan fingerprint density at radius 1 is 1.37 bits per heavy atom. The van der Waals surface area contributed by atoms with E-state index in [1.807, 2.05) is 19.2 Å². The van der Waals surface area contributed by atoms with Crippen LogP contribution in [0.4, 0.5) is 0 Å². The van der Waals surface area contributed by atoms with E-state index in [1.54, 1.807) is 0 Å². The van der Waals surface area contributed by atoms with Crippen LogP contribution < -0.4 is 4.74 Å². The summed E-state index contributed by atoms with van der Waals surface area (Å²) >= 11 is 0. The van der Waals surface area contributed by atoms with Crippen LogP contribution in [-0.2, 0) is 0 Å². The van der Waals surface area contributed by atoms with E-state index in [1.165, 1.54) is 50.8 Å². The molecule has 0 aliphatic carbocycles. The Kier molecular flexibility index (Phi) is 5.64. The lowest BCUT2D eigenvalue weighted by molar-refractivity contribution is 0.142. The highest BCUT2D eigenvalue weighted by atomic mass is 16.5. The zero-order valence-electron chi connectivity index (χ0n) is 12.3. The number of piperidine rings is 1. The van der Waals surface area contributed by atoms with Gasteiger partial charge in [-0.15, -0.1) is 0 Å². The summed E-state index contributed by atoms with van der Waals surface area (Å²) in [6, 6.07) is 4.72. The molecule has 2 rings (SSSR count). The number of aromatic nitrogens is 1. The lowest BCUT2D eigenvalue weighted by atomic mass is 9.95. The summed E-state index contributed by atoms with van der Waals surface area (Å²) in [6.07, 6.45) is 8.23. The van der Waals surface area contributed by atoms with Crippen LogP contribution in [0.15, 0.2) is 18.3 Å². The molecule has 0 unspecified atom stereocenters. The molecule has 3 heteroatoms. The molecule has 0 spiro atoms. The second-order valence-electron chi connectivity index (χ2n) is 5.23. The molecular formula is C16H26N2O. The Balaban J connectivity index is 2.16. The molecule has 1 aliphatic heterocycles. The summed E-state index contributed by atoms with van der Waals surface area (Å²) in [4.78, 5) is 7.03. The fourth-order valence-electron chi connectivity index (χ4n) is 2.89. The summed E-state index contributed by atoms with van der Waals surface area (Å²) in [7, 11) is 0. The molecule has 1 aromatic rings. The van der Waals surface area contributed by atoms with E-state index in [2.05, 4.69) is 22.9 Å². The van der Waals surface area contributed by atoms with Gasteiger partial charge < -0.3 is 4.74 Å². The van der Waals surface area contributed by atoms with Gasteiger partial charge in [-0.3, -0.25) is 4.90 Å². The van der Waals surface area contributed by atoms with E-state index in [9.17, 15) is 0 Å². The average molecular weight is 262 g/mol. The van der Waals surface area contributed by atoms with Crippen LogP contribution in [0.2, 0.25) is 0 Å². The first kappa shape index (κ1) is 14.3. The van der Waals surface area contributed by atoms with Crippen molar-refractivity contribution in [3.05, 3.63) is 23.9 Å². The molecule has 0 N–H and O–H groups in total. The summed E-state index contributed by atoms with van der Waals surface area (Å²) in [6.45, 7) is 7.38. The first-order valence-corrected chi connectivity index (χ1v) is 7.68. The Bertz CT molecular complexity index is 381. The largest absolute Gasteiger partial charge is 0.478 e. The highest BCUT2D eigenvalue weighted by Gasteiger charge is 2.26. The Morgan fingerprint density at radius 3 is 3.05 bits per heavy atom. The van der Waals surface area contributed by atoms with E-state index in [4.69, 9.17) is 4.74 Å². The maximum Gasteiger partial charge on any atom is 0.218 e. The molecule has 3 nitrogen and oxygen atoms in total. The maximum atomic E-state index is 5.71. The third kappa shape index (κ3) is 3.69. The molecule has 1 aromatic heterocycles. The highest BCUT2D eigenvalue weighted by Crippen LogP contribution is 2.35. The van der Waals surface area contributed by atoms with Crippen molar-refractivity contribution in [1.82, 2.24) is 9.88 Å². The van der Waals surface area contributed by atoms with E-state index < -0.39 is 0 Å². The van der Waals surface area contributed by atoms with Crippen LogP contribution in [0.25, 0.3) is 0 Å². The monoisotopic (exact) mass is 262 g/mol. The van der Waals surface area contributed by atoms with Gasteiger partial charge in [0.2, 0.25) is 5.88 Å². The number of pyridine rings is 1. The van der Waals surface area contributed by atoms with E-state index in [-0.39, 0.29) is 0 Å². The van der Waals surface area contributed by atoms with Crippen LogP contribution in [0.1, 0.15) is 57.6 Å². The number of hydrogen-bond acceptors (Lipinski definition) is 3. The minimum atomic E-state index is 0.496. The lowest BCUT2D eigenvalue weighted by Gasteiger charge is -2.36. The second kappa shape index (κ2) is 7.49. The fraction of sp³-hybridized carbons (Fsp3) is 0.688. The van der Waals surface area contributed by atoms with Crippen molar-refractivity contribution in [2.75, 3.05) is 19.7 Å². The number of unbranched alkanes of at least 4 members (excludes halogenated alkanes) is 1. The molecule has 106 valence electrons. The number of ether oxygens (including phenoxy) is 1. The van der Waals surface area contributed by atoms with Crippen molar-refractivity contribution in [3.8, 4) is 5.88 Å². The molecular weight excluding hydrogens is 236 g/mol. The molecule has 19 heavy (non-hydrogen) atoms. The van der Waals surface area contributed by atoms with Gasteiger partial charge in [-0.25, -0.2) is 4.98 Å². The van der Waals surface area contributed by atoms with Crippen molar-refractivity contribution in [1.29, 1.82) is 0 Å². The SMILES string of the molecule is CCCCN1CCCC[C@@H]1c1cccnc1OCC. The van der Waals surface area contributed by atoms with Gasteiger partial charge in [0.1, 0.15) is 0 Å². The second-order valence-corrected chi connectivity index (χ2v) is 5.23. The first-order valence-electron chi connectivity index (χ1n) is 7.68. The molecule has 2 heterocycles. The van der Waals surface area contributed by atoms with Gasteiger partial charge in [-0.05, 0) is 45.3 Å². The average Bonchev–Trinajstić information content (AvgIpc) is 2.46. The third-order valence-electron chi connectivity index (χ3n) is 3.85. The van der Waals surface area contributed by atoms with E-state index >= 15 is 0 Å². The Labute approximate surface area is 117 Å². The van der Waals surface area contributed by atoms with E-state index in [0.29, 0.717) is 12.6 Å². The predicted molar refractivity (Wildman–Crippen MR) is 78.5 cm³/mol. The van der Waals surface area contributed by atoms with Gasteiger partial charge in [0.15, 0.2) is 0 Å². The molecule has 0 radical (unpaired) electrons. The lowest BCUT2D eigenvalue weighted by Crippen LogP contribution is -2.34. The summed E-state index contributed by atoms with van der Waals surface area (Å²) in [5.74, 6) is 0.832. The van der Waals surface area contributed by atoms with Crippen molar-refractivity contribution in [2.24, 2.45) is 0 Å². The van der Waals surface area contributed by atoms with Gasteiger partial charge >= 0.3 is 0 Å². The quantitative estimate of drug-likeness (QED) is 0.779. The summed E-state index contributed by atoms with van der Waals surface area (Å²) in [5, 5.41) is 0. The van der Waals surface area contributed by atoms with Crippen molar-refractivity contribution < 1.29 is 4.74 Å². The Morgan fingerprint density at radius 2 is 2.26 bits per heavy atom. The van der Waals surface area contributed by atoms with Crippen LogP contribution in [0.3, 0.4) is 0 Å². The zero-order valence-corrected chi connectivity index (χ0v) is 12.3. The zero-order chi connectivity index (χ0) is 13.5. The summed E-state index contributed by atoms with van der Waals surface area (Å²) < 4.78 is 5.71. The molecule has 0 bridgehead atoms. The van der Waals surface area contributed by atoms with Gasteiger partial charge in [0, 0.05) is 17.8 Å². The first-order chi connectivity index (χ1) is 9.36. The van der Waals surface area contributed by atoms with Gasteiger partial charge in [-0.2, -0.15) is 0 Å². The molecule has 0 aromatic carbocycles. The maximum absolute atomic E-state index is 5.71. The highest BCUT2D eigenvalue weighted by molar-refractivity contribution is 5.29. The third-order valence-corrected chi connectivity index (χ3v) is 3.85. The normalized spacial score (nSPS) is 20.4. The minimum absolute atomic E-state index is 0.496.